The molecule has 24 heavy (non-hydrogen) atoms. The van der Waals surface area contributed by atoms with Crippen molar-refractivity contribution in [1.82, 2.24) is 0 Å². The summed E-state index contributed by atoms with van der Waals surface area (Å²) in [6, 6.07) is 0. The predicted octanol–water partition coefficient (Wildman–Crippen LogP) is 7.22. The zero-order chi connectivity index (χ0) is 17.9. The molecule has 0 radical (unpaired) electrons. The Morgan fingerprint density at radius 3 is 1.79 bits per heavy atom. The molecule has 0 fully saturated rings. The van der Waals surface area contributed by atoms with Gasteiger partial charge in [0.2, 0.25) is 0 Å². The third-order valence-electron chi connectivity index (χ3n) is 4.80. The van der Waals surface area contributed by atoms with E-state index in [9.17, 15) is 4.79 Å². The normalized spacial score (nSPS) is 12.1. The largest absolute Gasteiger partial charge is 0.463 e. The first kappa shape index (κ1) is 23.2. The van der Waals surface area contributed by atoms with Crippen LogP contribution in [-0.4, -0.2) is 12.6 Å². The molecule has 0 aliphatic heterocycles. The highest BCUT2D eigenvalue weighted by molar-refractivity contribution is 5.81. The molecule has 0 heterocycles. The quantitative estimate of drug-likeness (QED) is 0.150. The summed E-state index contributed by atoms with van der Waals surface area (Å²) in [5.74, 6) is 0.444. The average Bonchev–Trinajstić information content (AvgIpc) is 2.59. The van der Waals surface area contributed by atoms with Gasteiger partial charge < -0.3 is 4.74 Å². The van der Waals surface area contributed by atoms with Gasteiger partial charge >= 0.3 is 5.97 Å². The molecule has 0 aromatic rings. The SMILES string of the molecule is C=CC(=O)OCCCC(C)CCCCCCCCCCCCCC. The zero-order valence-corrected chi connectivity index (χ0v) is 16.5. The Bertz CT molecular complexity index is 286. The first-order valence-corrected chi connectivity index (χ1v) is 10.5. The van der Waals surface area contributed by atoms with Crippen molar-refractivity contribution < 1.29 is 9.53 Å². The van der Waals surface area contributed by atoms with E-state index in [2.05, 4.69) is 20.4 Å². The third-order valence-corrected chi connectivity index (χ3v) is 4.80. The van der Waals surface area contributed by atoms with E-state index in [4.69, 9.17) is 4.74 Å². The second kappa shape index (κ2) is 18.5. The van der Waals surface area contributed by atoms with Crippen molar-refractivity contribution in [3.63, 3.8) is 0 Å². The predicted molar refractivity (Wildman–Crippen MR) is 105 cm³/mol. The number of hydrogen-bond donors (Lipinski definition) is 0. The van der Waals surface area contributed by atoms with Gasteiger partial charge in [0.15, 0.2) is 0 Å². The molecule has 1 unspecified atom stereocenters. The lowest BCUT2D eigenvalue weighted by molar-refractivity contribution is -0.137. The van der Waals surface area contributed by atoms with Crippen molar-refractivity contribution in [3.8, 4) is 0 Å². The summed E-state index contributed by atoms with van der Waals surface area (Å²) in [5, 5.41) is 0. The molecule has 0 aromatic carbocycles. The molecule has 0 amide bonds. The summed E-state index contributed by atoms with van der Waals surface area (Å²) in [6.07, 6.45) is 21.6. The van der Waals surface area contributed by atoms with Crippen LogP contribution in [0.3, 0.4) is 0 Å². The van der Waals surface area contributed by atoms with Crippen LogP contribution >= 0.6 is 0 Å². The van der Waals surface area contributed by atoms with Gasteiger partial charge in [0.1, 0.15) is 0 Å². The minimum Gasteiger partial charge on any atom is -0.463 e. The van der Waals surface area contributed by atoms with Gasteiger partial charge in [-0.1, -0.05) is 104 Å². The molecule has 142 valence electrons. The van der Waals surface area contributed by atoms with Gasteiger partial charge in [-0.2, -0.15) is 0 Å². The van der Waals surface area contributed by atoms with Crippen molar-refractivity contribution in [2.45, 2.75) is 110 Å². The number of ether oxygens (including phenoxy) is 1. The zero-order valence-electron chi connectivity index (χ0n) is 16.5. The van der Waals surface area contributed by atoms with Gasteiger partial charge in [0, 0.05) is 6.08 Å². The Hall–Kier alpha value is -0.790. The van der Waals surface area contributed by atoms with Crippen LogP contribution in [0, 0.1) is 5.92 Å². The molecule has 0 aromatic heterocycles. The molecule has 0 rings (SSSR count). The molecule has 0 bridgehead atoms. The minimum atomic E-state index is -0.302. The average molecular weight is 339 g/mol. The van der Waals surface area contributed by atoms with Crippen LogP contribution < -0.4 is 0 Å². The van der Waals surface area contributed by atoms with E-state index in [1.165, 1.54) is 89.5 Å². The fraction of sp³-hybridized carbons (Fsp3) is 0.864. The van der Waals surface area contributed by atoms with E-state index < -0.39 is 0 Å². The summed E-state index contributed by atoms with van der Waals surface area (Å²) in [4.78, 5) is 10.9. The molecule has 0 aliphatic carbocycles. The van der Waals surface area contributed by atoms with Crippen molar-refractivity contribution in [2.24, 2.45) is 5.92 Å². The smallest absolute Gasteiger partial charge is 0.330 e. The maximum absolute atomic E-state index is 10.9. The molecule has 2 heteroatoms. The van der Waals surface area contributed by atoms with Crippen LogP contribution in [0.1, 0.15) is 110 Å². The van der Waals surface area contributed by atoms with Crippen LogP contribution in [0.15, 0.2) is 12.7 Å². The van der Waals surface area contributed by atoms with Crippen LogP contribution in [0.25, 0.3) is 0 Å². The van der Waals surface area contributed by atoms with Crippen molar-refractivity contribution in [2.75, 3.05) is 6.61 Å². The molecule has 1 atom stereocenters. The van der Waals surface area contributed by atoms with Gasteiger partial charge in [0.25, 0.3) is 0 Å². The third kappa shape index (κ3) is 17.6. The Balaban J connectivity index is 3.17. The molecule has 0 saturated carbocycles. The van der Waals surface area contributed by atoms with Crippen molar-refractivity contribution >= 4 is 5.97 Å². The summed E-state index contributed by atoms with van der Waals surface area (Å²) in [5.41, 5.74) is 0. The van der Waals surface area contributed by atoms with E-state index in [1.54, 1.807) is 0 Å². The maximum atomic E-state index is 10.9. The van der Waals surface area contributed by atoms with Gasteiger partial charge in [-0.05, 0) is 18.8 Å². The van der Waals surface area contributed by atoms with Crippen LogP contribution in [-0.2, 0) is 9.53 Å². The Morgan fingerprint density at radius 2 is 1.29 bits per heavy atom. The standard InChI is InChI=1S/C22H42O2/c1-4-6-7-8-9-10-11-12-13-14-15-16-18-21(3)19-17-20-24-22(23)5-2/h5,21H,2,4,6-20H2,1,3H3. The highest BCUT2D eigenvalue weighted by atomic mass is 16.5. The fourth-order valence-electron chi connectivity index (χ4n) is 3.14. The van der Waals surface area contributed by atoms with Gasteiger partial charge in [-0.15, -0.1) is 0 Å². The number of esters is 1. The van der Waals surface area contributed by atoms with Crippen LogP contribution in [0.2, 0.25) is 0 Å². The van der Waals surface area contributed by atoms with Crippen LogP contribution in [0.4, 0.5) is 0 Å². The molecule has 0 N–H and O–H groups in total. The van der Waals surface area contributed by atoms with Gasteiger partial charge in [-0.3, -0.25) is 0 Å². The van der Waals surface area contributed by atoms with Crippen molar-refractivity contribution in [3.05, 3.63) is 12.7 Å². The number of carbonyl (C=O) groups is 1. The second-order valence-corrected chi connectivity index (χ2v) is 7.30. The molecule has 2 nitrogen and oxygen atoms in total. The van der Waals surface area contributed by atoms with E-state index in [-0.39, 0.29) is 5.97 Å². The summed E-state index contributed by atoms with van der Waals surface area (Å²) in [6.45, 7) is 8.52. The van der Waals surface area contributed by atoms with E-state index in [0.29, 0.717) is 6.61 Å². The molecule has 0 saturated heterocycles. The van der Waals surface area contributed by atoms with Gasteiger partial charge in [-0.25, -0.2) is 4.79 Å². The lowest BCUT2D eigenvalue weighted by atomic mass is 9.97. The summed E-state index contributed by atoms with van der Waals surface area (Å²) < 4.78 is 5.00. The fourth-order valence-corrected chi connectivity index (χ4v) is 3.14. The number of hydrogen-bond acceptors (Lipinski definition) is 2. The van der Waals surface area contributed by atoms with Crippen LogP contribution in [0.5, 0.6) is 0 Å². The highest BCUT2D eigenvalue weighted by Gasteiger charge is 2.03. The molecule has 0 spiro atoms. The number of carbonyl (C=O) groups excluding carboxylic acids is 1. The second-order valence-electron chi connectivity index (χ2n) is 7.30. The van der Waals surface area contributed by atoms with E-state index in [0.717, 1.165) is 18.8 Å². The lowest BCUT2D eigenvalue weighted by Crippen LogP contribution is -2.04. The molecular formula is C22H42O2. The highest BCUT2D eigenvalue weighted by Crippen LogP contribution is 2.17. The lowest BCUT2D eigenvalue weighted by Gasteiger charge is -2.11. The van der Waals surface area contributed by atoms with Crippen molar-refractivity contribution in [1.29, 1.82) is 0 Å². The van der Waals surface area contributed by atoms with E-state index >= 15 is 0 Å². The number of rotatable bonds is 18. The van der Waals surface area contributed by atoms with E-state index in [1.807, 2.05) is 0 Å². The summed E-state index contributed by atoms with van der Waals surface area (Å²) >= 11 is 0. The number of unbranched alkanes of at least 4 members (excludes halogenated alkanes) is 11. The Morgan fingerprint density at radius 1 is 0.833 bits per heavy atom. The minimum absolute atomic E-state index is 0.302. The first-order valence-electron chi connectivity index (χ1n) is 10.5. The molecular weight excluding hydrogens is 296 g/mol. The first-order chi connectivity index (χ1) is 11.7. The Kier molecular flexibility index (Phi) is 17.9. The molecule has 0 aliphatic rings. The maximum Gasteiger partial charge on any atom is 0.330 e. The van der Waals surface area contributed by atoms with Gasteiger partial charge in [0.05, 0.1) is 6.61 Å². The topological polar surface area (TPSA) is 26.3 Å². The summed E-state index contributed by atoms with van der Waals surface area (Å²) in [7, 11) is 0. The Labute approximate surface area is 151 Å². The monoisotopic (exact) mass is 338 g/mol.